The van der Waals surface area contributed by atoms with Crippen molar-refractivity contribution in [3.8, 4) is 0 Å². The van der Waals surface area contributed by atoms with Crippen molar-refractivity contribution in [3.05, 3.63) is 0 Å². The number of carbonyl (C=O) groups is 1. The SMILES string of the molecule is CONC(=O)C(C)C(C)C. The third-order valence-corrected chi connectivity index (χ3v) is 1.62. The quantitative estimate of drug-likeness (QED) is 0.600. The molecule has 1 atom stereocenters. The van der Waals surface area contributed by atoms with Crippen LogP contribution in [0, 0.1) is 11.8 Å². The smallest absolute Gasteiger partial charge is 0.246 e. The first kappa shape index (κ1) is 9.43. The first-order chi connectivity index (χ1) is 4.59. The molecule has 3 heteroatoms. The van der Waals surface area contributed by atoms with Crippen molar-refractivity contribution in [2.75, 3.05) is 7.11 Å². The largest absolute Gasteiger partial charge is 0.277 e. The predicted molar refractivity (Wildman–Crippen MR) is 39.2 cm³/mol. The van der Waals surface area contributed by atoms with Crippen molar-refractivity contribution in [2.24, 2.45) is 11.8 Å². The van der Waals surface area contributed by atoms with Crippen LogP contribution in [0.2, 0.25) is 0 Å². The van der Waals surface area contributed by atoms with E-state index in [1.54, 1.807) is 0 Å². The molecule has 0 rings (SSSR count). The van der Waals surface area contributed by atoms with Crippen molar-refractivity contribution >= 4 is 5.91 Å². The van der Waals surface area contributed by atoms with Gasteiger partial charge in [-0.15, -0.1) is 0 Å². The summed E-state index contributed by atoms with van der Waals surface area (Å²) >= 11 is 0. The summed E-state index contributed by atoms with van der Waals surface area (Å²) in [6, 6.07) is 0. The Morgan fingerprint density at radius 1 is 1.40 bits per heavy atom. The number of carbonyl (C=O) groups excluding carboxylic acids is 1. The Labute approximate surface area is 61.7 Å². The van der Waals surface area contributed by atoms with E-state index in [9.17, 15) is 4.79 Å². The third kappa shape index (κ3) is 2.82. The molecule has 60 valence electrons. The molecule has 1 unspecified atom stereocenters. The molecule has 0 aromatic rings. The highest BCUT2D eigenvalue weighted by atomic mass is 16.6. The molecule has 0 aromatic heterocycles. The average molecular weight is 145 g/mol. The fourth-order valence-electron chi connectivity index (χ4n) is 0.496. The molecular formula is C7H15NO2. The standard InChI is InChI=1S/C7H15NO2/c1-5(2)6(3)7(9)8-10-4/h5-6H,1-4H3,(H,8,9). The Kier molecular flexibility index (Phi) is 4.03. The summed E-state index contributed by atoms with van der Waals surface area (Å²) in [5.41, 5.74) is 2.29. The van der Waals surface area contributed by atoms with E-state index in [0.29, 0.717) is 5.92 Å². The molecule has 10 heavy (non-hydrogen) atoms. The number of hydrogen-bond donors (Lipinski definition) is 1. The van der Waals surface area contributed by atoms with Crippen molar-refractivity contribution in [1.82, 2.24) is 5.48 Å². The topological polar surface area (TPSA) is 38.3 Å². The van der Waals surface area contributed by atoms with Gasteiger partial charge in [-0.25, -0.2) is 5.48 Å². The molecule has 0 aromatic carbocycles. The zero-order valence-electron chi connectivity index (χ0n) is 6.97. The highest BCUT2D eigenvalue weighted by Crippen LogP contribution is 2.08. The lowest BCUT2D eigenvalue weighted by atomic mass is 9.98. The molecule has 0 spiro atoms. The van der Waals surface area contributed by atoms with Gasteiger partial charge in [0.05, 0.1) is 7.11 Å². The molecule has 0 radical (unpaired) electrons. The lowest BCUT2D eigenvalue weighted by Crippen LogP contribution is -2.30. The molecule has 0 aliphatic rings. The van der Waals surface area contributed by atoms with E-state index in [-0.39, 0.29) is 11.8 Å². The first-order valence-corrected chi connectivity index (χ1v) is 3.42. The highest BCUT2D eigenvalue weighted by molar-refractivity contribution is 5.77. The second-order valence-corrected chi connectivity index (χ2v) is 2.70. The Bertz CT molecular complexity index is 112. The van der Waals surface area contributed by atoms with E-state index in [4.69, 9.17) is 0 Å². The molecule has 3 nitrogen and oxygen atoms in total. The van der Waals surface area contributed by atoms with E-state index in [1.807, 2.05) is 20.8 Å². The Balaban J connectivity index is 3.71. The maximum atomic E-state index is 10.9. The lowest BCUT2D eigenvalue weighted by Gasteiger charge is -2.13. The summed E-state index contributed by atoms with van der Waals surface area (Å²) in [5.74, 6) is 0.313. The Morgan fingerprint density at radius 3 is 2.20 bits per heavy atom. The molecular weight excluding hydrogens is 130 g/mol. The van der Waals surface area contributed by atoms with Gasteiger partial charge < -0.3 is 0 Å². The van der Waals surface area contributed by atoms with Crippen molar-refractivity contribution in [2.45, 2.75) is 20.8 Å². The fraction of sp³-hybridized carbons (Fsp3) is 0.857. The molecule has 0 aliphatic heterocycles. The Morgan fingerprint density at radius 2 is 1.90 bits per heavy atom. The maximum Gasteiger partial charge on any atom is 0.246 e. The van der Waals surface area contributed by atoms with Gasteiger partial charge in [-0.2, -0.15) is 0 Å². The summed E-state index contributed by atoms with van der Waals surface area (Å²) in [5, 5.41) is 0. The predicted octanol–water partition coefficient (Wildman–Crippen LogP) is 0.956. The van der Waals surface area contributed by atoms with Crippen molar-refractivity contribution < 1.29 is 9.63 Å². The van der Waals surface area contributed by atoms with Crippen LogP contribution in [0.1, 0.15) is 20.8 Å². The van der Waals surface area contributed by atoms with Gasteiger partial charge in [0.1, 0.15) is 0 Å². The van der Waals surface area contributed by atoms with Gasteiger partial charge in [0.15, 0.2) is 0 Å². The number of rotatable bonds is 3. The summed E-state index contributed by atoms with van der Waals surface area (Å²) in [7, 11) is 1.44. The Hall–Kier alpha value is -0.570. The molecule has 0 fully saturated rings. The molecule has 1 N–H and O–H groups in total. The van der Waals surface area contributed by atoms with Crippen LogP contribution in [0.5, 0.6) is 0 Å². The number of hydroxylamine groups is 1. The minimum Gasteiger partial charge on any atom is -0.277 e. The first-order valence-electron chi connectivity index (χ1n) is 3.42. The molecule has 0 saturated carbocycles. The minimum atomic E-state index is -0.0579. The average Bonchev–Trinajstić information content (AvgIpc) is 1.87. The number of hydrogen-bond acceptors (Lipinski definition) is 2. The van der Waals surface area contributed by atoms with E-state index in [2.05, 4.69) is 10.3 Å². The normalized spacial score (nSPS) is 13.3. The molecule has 0 bridgehead atoms. The lowest BCUT2D eigenvalue weighted by molar-refractivity contribution is -0.136. The zero-order chi connectivity index (χ0) is 8.15. The van der Waals surface area contributed by atoms with Crippen molar-refractivity contribution in [1.29, 1.82) is 0 Å². The van der Waals surface area contributed by atoms with Gasteiger partial charge in [-0.3, -0.25) is 9.63 Å². The fourth-order valence-corrected chi connectivity index (χ4v) is 0.496. The van der Waals surface area contributed by atoms with Crippen LogP contribution in [0.25, 0.3) is 0 Å². The zero-order valence-corrected chi connectivity index (χ0v) is 6.97. The molecule has 1 amide bonds. The van der Waals surface area contributed by atoms with Crippen LogP contribution < -0.4 is 5.48 Å². The van der Waals surface area contributed by atoms with Gasteiger partial charge in [-0.1, -0.05) is 20.8 Å². The second-order valence-electron chi connectivity index (χ2n) is 2.70. The summed E-state index contributed by atoms with van der Waals surface area (Å²) in [6.07, 6.45) is 0. The third-order valence-electron chi connectivity index (χ3n) is 1.62. The maximum absolute atomic E-state index is 10.9. The van der Waals surface area contributed by atoms with E-state index in [0.717, 1.165) is 0 Å². The van der Waals surface area contributed by atoms with Crippen LogP contribution in [0.3, 0.4) is 0 Å². The van der Waals surface area contributed by atoms with Crippen LogP contribution in [0.4, 0.5) is 0 Å². The number of nitrogens with one attached hydrogen (secondary N) is 1. The van der Waals surface area contributed by atoms with Gasteiger partial charge >= 0.3 is 0 Å². The second kappa shape index (κ2) is 4.28. The van der Waals surface area contributed by atoms with Crippen LogP contribution in [-0.2, 0) is 9.63 Å². The monoisotopic (exact) mass is 145 g/mol. The van der Waals surface area contributed by atoms with Gasteiger partial charge in [-0.05, 0) is 5.92 Å². The van der Waals surface area contributed by atoms with E-state index in [1.165, 1.54) is 7.11 Å². The number of amides is 1. The molecule has 0 heterocycles. The molecule has 0 aliphatic carbocycles. The van der Waals surface area contributed by atoms with Gasteiger partial charge in [0.25, 0.3) is 0 Å². The van der Waals surface area contributed by atoms with Gasteiger partial charge in [0.2, 0.25) is 5.91 Å². The highest BCUT2D eigenvalue weighted by Gasteiger charge is 2.15. The summed E-state index contributed by atoms with van der Waals surface area (Å²) in [4.78, 5) is 15.4. The van der Waals surface area contributed by atoms with Crippen LogP contribution in [-0.4, -0.2) is 13.0 Å². The van der Waals surface area contributed by atoms with Crippen LogP contribution >= 0.6 is 0 Å². The summed E-state index contributed by atoms with van der Waals surface area (Å²) in [6.45, 7) is 5.87. The summed E-state index contributed by atoms with van der Waals surface area (Å²) < 4.78 is 0. The van der Waals surface area contributed by atoms with Gasteiger partial charge in [0, 0.05) is 5.92 Å². The van der Waals surface area contributed by atoms with E-state index >= 15 is 0 Å². The van der Waals surface area contributed by atoms with E-state index < -0.39 is 0 Å². The molecule has 0 saturated heterocycles. The van der Waals surface area contributed by atoms with Crippen LogP contribution in [0.15, 0.2) is 0 Å². The minimum absolute atomic E-state index is 0.0138. The van der Waals surface area contributed by atoms with Crippen molar-refractivity contribution in [3.63, 3.8) is 0 Å².